The third-order valence-electron chi connectivity index (χ3n) is 1.91. The first-order valence-corrected chi connectivity index (χ1v) is 4.60. The molecule has 0 radical (unpaired) electrons. The Kier molecular flexibility index (Phi) is 2.88. The van der Waals surface area contributed by atoms with Gasteiger partial charge in [0.15, 0.2) is 0 Å². The molecule has 1 heterocycles. The predicted octanol–water partition coefficient (Wildman–Crippen LogP) is 2.23. The van der Waals surface area contributed by atoms with Gasteiger partial charge in [0, 0.05) is 18.1 Å². The van der Waals surface area contributed by atoms with Crippen molar-refractivity contribution in [3.8, 4) is 0 Å². The summed E-state index contributed by atoms with van der Waals surface area (Å²) in [6.07, 6.45) is 3.38. The smallest absolute Gasteiger partial charge is 0.147 e. The molecule has 0 aliphatic rings. The van der Waals surface area contributed by atoms with Crippen molar-refractivity contribution in [1.82, 2.24) is 9.97 Å². The van der Waals surface area contributed by atoms with Crippen LogP contribution in [0.2, 0.25) is 0 Å². The van der Waals surface area contributed by atoms with E-state index in [0.29, 0.717) is 12.4 Å². The highest BCUT2D eigenvalue weighted by Crippen LogP contribution is 2.08. The molecular weight excluding hydrogens is 193 g/mol. The number of hydrogen-bond donors (Lipinski definition) is 1. The van der Waals surface area contributed by atoms with Gasteiger partial charge in [-0.25, -0.2) is 14.4 Å². The molecule has 0 atom stereocenters. The van der Waals surface area contributed by atoms with Crippen LogP contribution in [0.3, 0.4) is 0 Å². The van der Waals surface area contributed by atoms with Crippen LogP contribution in [0.25, 0.3) is 0 Å². The predicted molar refractivity (Wildman–Crippen MR) is 55.8 cm³/mol. The van der Waals surface area contributed by atoms with Crippen LogP contribution in [-0.4, -0.2) is 9.97 Å². The Morgan fingerprint density at radius 3 is 2.40 bits per heavy atom. The highest BCUT2D eigenvalue weighted by molar-refractivity contribution is 5.42. The Hall–Kier alpha value is -1.97. The van der Waals surface area contributed by atoms with Crippen LogP contribution in [0.15, 0.2) is 42.7 Å². The highest BCUT2D eigenvalue weighted by atomic mass is 19.1. The normalized spacial score (nSPS) is 9.93. The fourth-order valence-corrected chi connectivity index (χ4v) is 1.17. The fraction of sp³-hybridized carbons (Fsp3) is 0.0909. The lowest BCUT2D eigenvalue weighted by Gasteiger charge is -2.04. The van der Waals surface area contributed by atoms with E-state index in [4.69, 9.17) is 0 Å². The molecule has 2 aromatic rings. The number of nitrogens with one attached hydrogen (secondary N) is 1. The summed E-state index contributed by atoms with van der Waals surface area (Å²) >= 11 is 0. The zero-order chi connectivity index (χ0) is 10.5. The van der Waals surface area contributed by atoms with Crippen molar-refractivity contribution >= 4 is 5.69 Å². The molecule has 0 spiro atoms. The molecule has 2 rings (SSSR count). The minimum Gasteiger partial charge on any atom is -0.378 e. The molecule has 1 aromatic heterocycles. The second-order valence-corrected chi connectivity index (χ2v) is 3.03. The number of halogens is 1. The standard InChI is InChI=1S/C11H10FN3/c12-9-2-4-10(5-3-9)15-8-11-13-6-1-7-14-11/h1-7,15H,8H2. The topological polar surface area (TPSA) is 37.8 Å². The van der Waals surface area contributed by atoms with Crippen molar-refractivity contribution < 1.29 is 4.39 Å². The molecule has 0 saturated carbocycles. The minimum absolute atomic E-state index is 0.239. The van der Waals surface area contributed by atoms with Gasteiger partial charge in [-0.3, -0.25) is 0 Å². The van der Waals surface area contributed by atoms with Crippen LogP contribution in [-0.2, 0) is 6.54 Å². The maximum Gasteiger partial charge on any atom is 0.147 e. The zero-order valence-corrected chi connectivity index (χ0v) is 8.02. The molecule has 0 aliphatic carbocycles. The molecule has 0 amide bonds. The van der Waals surface area contributed by atoms with E-state index < -0.39 is 0 Å². The maximum absolute atomic E-state index is 12.6. The van der Waals surface area contributed by atoms with Crippen molar-refractivity contribution in [1.29, 1.82) is 0 Å². The van der Waals surface area contributed by atoms with Crippen LogP contribution in [0.1, 0.15) is 5.82 Å². The molecule has 15 heavy (non-hydrogen) atoms. The summed E-state index contributed by atoms with van der Waals surface area (Å²) in [6, 6.07) is 7.94. The molecule has 0 aliphatic heterocycles. The van der Waals surface area contributed by atoms with Gasteiger partial charge in [-0.05, 0) is 30.3 Å². The van der Waals surface area contributed by atoms with Crippen molar-refractivity contribution in [3.05, 3.63) is 54.4 Å². The number of anilines is 1. The third-order valence-corrected chi connectivity index (χ3v) is 1.91. The molecule has 1 N–H and O–H groups in total. The van der Waals surface area contributed by atoms with Gasteiger partial charge in [-0.2, -0.15) is 0 Å². The number of aromatic nitrogens is 2. The average Bonchev–Trinajstić information content (AvgIpc) is 2.30. The molecular formula is C11H10FN3. The number of nitrogens with zero attached hydrogens (tertiary/aromatic N) is 2. The van der Waals surface area contributed by atoms with E-state index in [2.05, 4.69) is 15.3 Å². The summed E-state index contributed by atoms with van der Waals surface area (Å²) in [7, 11) is 0. The summed E-state index contributed by atoms with van der Waals surface area (Å²) in [6.45, 7) is 0.534. The Bertz CT molecular complexity index is 414. The SMILES string of the molecule is Fc1ccc(NCc2ncccn2)cc1. The Morgan fingerprint density at radius 1 is 1.07 bits per heavy atom. The first-order valence-electron chi connectivity index (χ1n) is 4.60. The molecule has 3 nitrogen and oxygen atoms in total. The molecule has 76 valence electrons. The molecule has 1 aromatic carbocycles. The van der Waals surface area contributed by atoms with E-state index in [1.807, 2.05) is 0 Å². The number of rotatable bonds is 3. The van der Waals surface area contributed by atoms with E-state index in [-0.39, 0.29) is 5.82 Å². The summed E-state index contributed by atoms with van der Waals surface area (Å²) in [4.78, 5) is 8.13. The van der Waals surface area contributed by atoms with Gasteiger partial charge < -0.3 is 5.32 Å². The second-order valence-electron chi connectivity index (χ2n) is 3.03. The molecule has 4 heteroatoms. The van der Waals surface area contributed by atoms with E-state index in [9.17, 15) is 4.39 Å². The first kappa shape index (κ1) is 9.58. The van der Waals surface area contributed by atoms with Crippen LogP contribution in [0.4, 0.5) is 10.1 Å². The van der Waals surface area contributed by atoms with E-state index in [1.54, 1.807) is 30.6 Å². The van der Waals surface area contributed by atoms with E-state index in [1.165, 1.54) is 12.1 Å². The summed E-state index contributed by atoms with van der Waals surface area (Å²) < 4.78 is 12.6. The lowest BCUT2D eigenvalue weighted by atomic mass is 10.3. The molecule has 0 unspecified atom stereocenters. The van der Waals surface area contributed by atoms with Crippen LogP contribution in [0, 0.1) is 5.82 Å². The minimum atomic E-state index is -0.239. The summed E-state index contributed by atoms with van der Waals surface area (Å²) in [5.41, 5.74) is 0.851. The quantitative estimate of drug-likeness (QED) is 0.831. The molecule has 0 fully saturated rings. The first-order chi connectivity index (χ1) is 7.34. The van der Waals surface area contributed by atoms with Crippen LogP contribution in [0.5, 0.6) is 0 Å². The van der Waals surface area contributed by atoms with Crippen molar-refractivity contribution in [2.24, 2.45) is 0 Å². The Labute approximate surface area is 87.0 Å². The largest absolute Gasteiger partial charge is 0.378 e. The van der Waals surface area contributed by atoms with Gasteiger partial charge in [0.05, 0.1) is 6.54 Å². The number of benzene rings is 1. The van der Waals surface area contributed by atoms with Gasteiger partial charge >= 0.3 is 0 Å². The zero-order valence-electron chi connectivity index (χ0n) is 8.02. The van der Waals surface area contributed by atoms with Crippen molar-refractivity contribution in [2.75, 3.05) is 5.32 Å². The Balaban J connectivity index is 1.96. The second kappa shape index (κ2) is 4.50. The van der Waals surface area contributed by atoms with E-state index >= 15 is 0 Å². The average molecular weight is 203 g/mol. The van der Waals surface area contributed by atoms with Crippen molar-refractivity contribution in [2.45, 2.75) is 6.54 Å². The van der Waals surface area contributed by atoms with Gasteiger partial charge in [-0.1, -0.05) is 0 Å². The van der Waals surface area contributed by atoms with Gasteiger partial charge in [0.2, 0.25) is 0 Å². The van der Waals surface area contributed by atoms with Crippen LogP contribution >= 0.6 is 0 Å². The lowest BCUT2D eigenvalue weighted by molar-refractivity contribution is 0.628. The number of hydrogen-bond acceptors (Lipinski definition) is 3. The Morgan fingerprint density at radius 2 is 1.73 bits per heavy atom. The van der Waals surface area contributed by atoms with Gasteiger partial charge in [0.1, 0.15) is 11.6 Å². The van der Waals surface area contributed by atoms with Gasteiger partial charge in [0.25, 0.3) is 0 Å². The fourth-order valence-electron chi connectivity index (χ4n) is 1.17. The van der Waals surface area contributed by atoms with Crippen molar-refractivity contribution in [3.63, 3.8) is 0 Å². The summed E-state index contributed by atoms with van der Waals surface area (Å²) in [5, 5.41) is 3.10. The maximum atomic E-state index is 12.6. The van der Waals surface area contributed by atoms with Crippen LogP contribution < -0.4 is 5.32 Å². The lowest BCUT2D eigenvalue weighted by Crippen LogP contribution is -2.03. The monoisotopic (exact) mass is 203 g/mol. The highest BCUT2D eigenvalue weighted by Gasteiger charge is 1.95. The van der Waals surface area contributed by atoms with Gasteiger partial charge in [-0.15, -0.1) is 0 Å². The van der Waals surface area contributed by atoms with E-state index in [0.717, 1.165) is 5.69 Å². The third kappa shape index (κ3) is 2.74. The molecule has 0 saturated heterocycles. The summed E-state index contributed by atoms with van der Waals surface area (Å²) in [5.74, 6) is 0.471. The molecule has 0 bridgehead atoms.